The summed E-state index contributed by atoms with van der Waals surface area (Å²) in [6.45, 7) is 4.41. The molecule has 0 unspecified atom stereocenters. The highest BCUT2D eigenvalue weighted by Crippen LogP contribution is 2.38. The van der Waals surface area contributed by atoms with Crippen LogP contribution in [0.5, 0.6) is 0 Å². The summed E-state index contributed by atoms with van der Waals surface area (Å²) >= 11 is 0. The van der Waals surface area contributed by atoms with Crippen molar-refractivity contribution in [3.05, 3.63) is 103 Å². The Morgan fingerprint density at radius 3 is 1.83 bits per heavy atom. The summed E-state index contributed by atoms with van der Waals surface area (Å²) < 4.78 is 0. The third-order valence-electron chi connectivity index (χ3n) is 4.30. The third-order valence-corrected chi connectivity index (χ3v) is 4.30. The third kappa shape index (κ3) is 2.43. The largest absolute Gasteiger partial charge is 0.0622 e. The van der Waals surface area contributed by atoms with Crippen molar-refractivity contribution in [2.75, 3.05) is 0 Å². The molecule has 0 saturated heterocycles. The molecule has 0 heterocycles. The van der Waals surface area contributed by atoms with E-state index in [1.807, 2.05) is 0 Å². The number of benzene rings is 4. The van der Waals surface area contributed by atoms with E-state index >= 15 is 0 Å². The Morgan fingerprint density at radius 1 is 0.565 bits per heavy atom. The number of fused-ring (bicyclic) bond motifs is 1. The first-order valence-corrected chi connectivity index (χ1v) is 7.83. The van der Waals surface area contributed by atoms with Crippen molar-refractivity contribution in [2.45, 2.75) is 0 Å². The second-order valence-corrected chi connectivity index (χ2v) is 5.73. The predicted octanol–water partition coefficient (Wildman–Crippen LogP) is 6.36. The van der Waals surface area contributed by atoms with E-state index in [0.717, 1.165) is 5.56 Å². The molecule has 0 aliphatic heterocycles. The lowest BCUT2D eigenvalue weighted by atomic mass is 9.87. The van der Waals surface area contributed by atoms with Gasteiger partial charge in [0, 0.05) is 0 Å². The molecule has 0 spiro atoms. The van der Waals surface area contributed by atoms with Gasteiger partial charge in [0.1, 0.15) is 0 Å². The zero-order chi connectivity index (χ0) is 15.6. The van der Waals surface area contributed by atoms with Gasteiger partial charge in [0.2, 0.25) is 0 Å². The Hall–Kier alpha value is -2.86. The quantitative estimate of drug-likeness (QED) is 0.403. The molecule has 0 atom stereocenters. The Balaban J connectivity index is 2.11. The van der Waals surface area contributed by atoms with Crippen LogP contribution in [0.1, 0.15) is 5.56 Å². The zero-order valence-electron chi connectivity index (χ0n) is 12.9. The maximum Gasteiger partial charge on any atom is -0.00668 e. The van der Waals surface area contributed by atoms with Gasteiger partial charge in [-0.25, -0.2) is 0 Å². The molecule has 1 radical (unpaired) electrons. The normalized spacial score (nSPS) is 10.8. The smallest absolute Gasteiger partial charge is 0.00668 e. The van der Waals surface area contributed by atoms with Crippen LogP contribution in [-0.4, -0.2) is 0 Å². The average Bonchev–Trinajstić information content (AvgIpc) is 2.63. The number of rotatable bonds is 2. The zero-order valence-corrected chi connectivity index (χ0v) is 12.9. The van der Waals surface area contributed by atoms with E-state index in [4.69, 9.17) is 0 Å². The lowest BCUT2D eigenvalue weighted by Gasteiger charge is -2.16. The van der Waals surface area contributed by atoms with Crippen molar-refractivity contribution >= 4 is 10.8 Å². The van der Waals surface area contributed by atoms with E-state index < -0.39 is 0 Å². The summed E-state index contributed by atoms with van der Waals surface area (Å²) in [6, 6.07) is 31.8. The summed E-state index contributed by atoms with van der Waals surface area (Å²) in [5.41, 5.74) is 5.98. The van der Waals surface area contributed by atoms with Crippen LogP contribution in [0.15, 0.2) is 91.0 Å². The minimum atomic E-state index is 1.09. The molecule has 0 heteroatoms. The highest BCUT2D eigenvalue weighted by molar-refractivity contribution is 6.00. The molecule has 0 aliphatic carbocycles. The van der Waals surface area contributed by atoms with E-state index in [1.165, 1.54) is 33.0 Å². The molecule has 0 fully saturated rings. The lowest BCUT2D eigenvalue weighted by molar-refractivity contribution is 1.57. The Bertz CT molecular complexity index is 951. The van der Waals surface area contributed by atoms with Crippen LogP contribution in [0.3, 0.4) is 0 Å². The molecule has 0 N–H and O–H groups in total. The van der Waals surface area contributed by atoms with Crippen molar-refractivity contribution in [1.29, 1.82) is 0 Å². The fourth-order valence-electron chi connectivity index (χ4n) is 3.20. The minimum absolute atomic E-state index is 1.09. The van der Waals surface area contributed by atoms with E-state index in [2.05, 4.69) is 97.9 Å². The molecule has 0 bridgehead atoms. The molecule has 0 aliphatic rings. The SMILES string of the molecule is [CH2]c1c(-c2ccccc2)c(-c2ccccc2)cc2ccccc12. The van der Waals surface area contributed by atoms with Gasteiger partial charge in [-0.2, -0.15) is 0 Å². The topological polar surface area (TPSA) is 0 Å². The van der Waals surface area contributed by atoms with Gasteiger partial charge in [-0.1, -0.05) is 84.9 Å². The van der Waals surface area contributed by atoms with Gasteiger partial charge in [0.25, 0.3) is 0 Å². The van der Waals surface area contributed by atoms with Crippen LogP contribution < -0.4 is 0 Å². The van der Waals surface area contributed by atoms with Crippen molar-refractivity contribution in [2.24, 2.45) is 0 Å². The molecular formula is C23H17. The maximum atomic E-state index is 4.41. The van der Waals surface area contributed by atoms with E-state index in [-0.39, 0.29) is 0 Å². The Labute approximate surface area is 137 Å². The summed E-state index contributed by atoms with van der Waals surface area (Å²) in [4.78, 5) is 0. The molecule has 109 valence electrons. The van der Waals surface area contributed by atoms with Crippen molar-refractivity contribution in [3.63, 3.8) is 0 Å². The van der Waals surface area contributed by atoms with Gasteiger partial charge >= 0.3 is 0 Å². The van der Waals surface area contributed by atoms with Crippen molar-refractivity contribution in [3.8, 4) is 22.3 Å². The molecule has 0 saturated carbocycles. The average molecular weight is 293 g/mol. The molecule has 23 heavy (non-hydrogen) atoms. The van der Waals surface area contributed by atoms with Gasteiger partial charge in [-0.05, 0) is 51.6 Å². The molecule has 4 rings (SSSR count). The molecule has 0 aromatic heterocycles. The van der Waals surface area contributed by atoms with Gasteiger partial charge in [0.05, 0.1) is 0 Å². The molecular weight excluding hydrogens is 276 g/mol. The summed E-state index contributed by atoms with van der Waals surface area (Å²) in [6.07, 6.45) is 0. The first-order chi connectivity index (χ1) is 11.3. The first kappa shape index (κ1) is 13.8. The second-order valence-electron chi connectivity index (χ2n) is 5.73. The van der Waals surface area contributed by atoms with Gasteiger partial charge in [0.15, 0.2) is 0 Å². The molecule has 4 aromatic carbocycles. The van der Waals surface area contributed by atoms with Crippen LogP contribution >= 0.6 is 0 Å². The Morgan fingerprint density at radius 2 is 1.13 bits per heavy atom. The fraction of sp³-hybridized carbons (Fsp3) is 0. The monoisotopic (exact) mass is 293 g/mol. The highest BCUT2D eigenvalue weighted by Gasteiger charge is 2.13. The Kier molecular flexibility index (Phi) is 3.44. The van der Waals surface area contributed by atoms with Crippen LogP contribution in [0, 0.1) is 6.92 Å². The predicted molar refractivity (Wildman–Crippen MR) is 99.3 cm³/mol. The van der Waals surface area contributed by atoms with E-state index in [1.54, 1.807) is 0 Å². The van der Waals surface area contributed by atoms with Crippen LogP contribution in [0.2, 0.25) is 0 Å². The molecule has 4 aromatic rings. The second kappa shape index (κ2) is 5.73. The van der Waals surface area contributed by atoms with E-state index in [0.29, 0.717) is 0 Å². The standard InChI is InChI=1S/C23H17/c1-17-21-15-9-8-14-20(21)16-22(18-10-4-2-5-11-18)23(17)19-12-6-3-7-13-19/h2-16H,1H2. The summed E-state index contributed by atoms with van der Waals surface area (Å²) in [5, 5.41) is 2.45. The number of hydrogen-bond acceptors (Lipinski definition) is 0. The van der Waals surface area contributed by atoms with Crippen LogP contribution in [0.4, 0.5) is 0 Å². The molecule has 0 amide bonds. The van der Waals surface area contributed by atoms with Crippen molar-refractivity contribution < 1.29 is 0 Å². The van der Waals surface area contributed by atoms with Gasteiger partial charge in [-0.15, -0.1) is 0 Å². The lowest BCUT2D eigenvalue weighted by Crippen LogP contribution is -1.91. The van der Waals surface area contributed by atoms with Gasteiger partial charge in [-0.3, -0.25) is 0 Å². The summed E-state index contributed by atoms with van der Waals surface area (Å²) in [5.74, 6) is 0. The number of hydrogen-bond donors (Lipinski definition) is 0. The minimum Gasteiger partial charge on any atom is -0.0622 e. The maximum absolute atomic E-state index is 4.41. The van der Waals surface area contributed by atoms with Crippen LogP contribution in [0.25, 0.3) is 33.0 Å². The summed E-state index contributed by atoms with van der Waals surface area (Å²) in [7, 11) is 0. The first-order valence-electron chi connectivity index (χ1n) is 7.83. The van der Waals surface area contributed by atoms with Gasteiger partial charge < -0.3 is 0 Å². The van der Waals surface area contributed by atoms with E-state index in [9.17, 15) is 0 Å². The molecule has 0 nitrogen and oxygen atoms in total. The fourth-order valence-corrected chi connectivity index (χ4v) is 3.20. The van der Waals surface area contributed by atoms with Crippen LogP contribution in [-0.2, 0) is 0 Å². The van der Waals surface area contributed by atoms with Crippen molar-refractivity contribution in [1.82, 2.24) is 0 Å². The highest BCUT2D eigenvalue weighted by atomic mass is 14.2.